The van der Waals surface area contributed by atoms with Gasteiger partial charge in [0, 0.05) is 5.41 Å². The Morgan fingerprint density at radius 2 is 1.95 bits per heavy atom. The third-order valence-electron chi connectivity index (χ3n) is 4.24. The molecule has 0 saturated heterocycles. The molecular formula is C16H25NO3S. The molecule has 2 N–H and O–H groups in total. The lowest BCUT2D eigenvalue weighted by atomic mass is 9.90. The van der Waals surface area contributed by atoms with Crippen LogP contribution in [0.25, 0.3) is 0 Å². The first-order valence-electron chi connectivity index (χ1n) is 7.53. The van der Waals surface area contributed by atoms with Gasteiger partial charge in [0.1, 0.15) is 5.75 Å². The molecule has 21 heavy (non-hydrogen) atoms. The Balaban J connectivity index is 2.07. The Morgan fingerprint density at radius 1 is 1.29 bits per heavy atom. The highest BCUT2D eigenvalue weighted by atomic mass is 32.2. The monoisotopic (exact) mass is 311 g/mol. The van der Waals surface area contributed by atoms with Crippen LogP contribution in [0.3, 0.4) is 0 Å². The fourth-order valence-electron chi connectivity index (χ4n) is 3.08. The summed E-state index contributed by atoms with van der Waals surface area (Å²) in [5.74, 6) is 1.27. The standard InChI is InChI=1S/C16H25NO3S/c1-13(2)14-6-5-7-15(10-14)20-11-16(8-3-4-9-16)12-21(17,18)19/h5-7,10,13H,3-4,8-9,11-12H2,1-2H3,(H2,17,18,19). The van der Waals surface area contributed by atoms with Gasteiger partial charge in [-0.15, -0.1) is 0 Å². The topological polar surface area (TPSA) is 69.4 Å². The van der Waals surface area contributed by atoms with Crippen LogP contribution in [0, 0.1) is 5.41 Å². The molecule has 0 spiro atoms. The third kappa shape index (κ3) is 4.71. The molecule has 1 aromatic rings. The van der Waals surface area contributed by atoms with Gasteiger partial charge < -0.3 is 4.74 Å². The molecular weight excluding hydrogens is 286 g/mol. The molecule has 0 bridgehead atoms. The maximum atomic E-state index is 11.5. The molecule has 0 radical (unpaired) electrons. The van der Waals surface area contributed by atoms with Crippen molar-refractivity contribution in [1.29, 1.82) is 0 Å². The van der Waals surface area contributed by atoms with Crippen molar-refractivity contribution in [3.05, 3.63) is 29.8 Å². The molecule has 1 saturated carbocycles. The van der Waals surface area contributed by atoms with Crippen LogP contribution >= 0.6 is 0 Å². The van der Waals surface area contributed by atoms with Gasteiger partial charge in [0.15, 0.2) is 0 Å². The fraction of sp³-hybridized carbons (Fsp3) is 0.625. The molecule has 1 aliphatic rings. The van der Waals surface area contributed by atoms with Crippen LogP contribution in [0.1, 0.15) is 51.0 Å². The van der Waals surface area contributed by atoms with Gasteiger partial charge in [0.2, 0.25) is 10.0 Å². The van der Waals surface area contributed by atoms with E-state index in [2.05, 4.69) is 19.9 Å². The summed E-state index contributed by atoms with van der Waals surface area (Å²) in [6, 6.07) is 8.01. The zero-order valence-electron chi connectivity index (χ0n) is 12.8. The Morgan fingerprint density at radius 3 is 2.52 bits per heavy atom. The van der Waals surface area contributed by atoms with Crippen LogP contribution in [0.5, 0.6) is 5.75 Å². The smallest absolute Gasteiger partial charge is 0.209 e. The van der Waals surface area contributed by atoms with Crippen molar-refractivity contribution in [1.82, 2.24) is 0 Å². The van der Waals surface area contributed by atoms with Gasteiger partial charge in [0.25, 0.3) is 0 Å². The van der Waals surface area contributed by atoms with E-state index in [4.69, 9.17) is 9.88 Å². The Hall–Kier alpha value is -1.07. The highest BCUT2D eigenvalue weighted by Gasteiger charge is 2.38. The molecule has 1 aliphatic carbocycles. The van der Waals surface area contributed by atoms with Gasteiger partial charge in [-0.3, -0.25) is 0 Å². The molecule has 4 nitrogen and oxygen atoms in total. The molecule has 118 valence electrons. The molecule has 1 fully saturated rings. The largest absolute Gasteiger partial charge is 0.493 e. The molecule has 0 atom stereocenters. The first-order valence-corrected chi connectivity index (χ1v) is 9.24. The normalized spacial score (nSPS) is 18.1. The quantitative estimate of drug-likeness (QED) is 0.878. The van der Waals surface area contributed by atoms with E-state index in [0.717, 1.165) is 31.4 Å². The van der Waals surface area contributed by atoms with Crippen molar-refractivity contribution in [3.8, 4) is 5.75 Å². The second kappa shape index (κ2) is 6.36. The van der Waals surface area contributed by atoms with Gasteiger partial charge in [0.05, 0.1) is 12.4 Å². The Kier molecular flexibility index (Phi) is 4.94. The van der Waals surface area contributed by atoms with Crippen LogP contribution in [-0.2, 0) is 10.0 Å². The number of hydrogen-bond donors (Lipinski definition) is 1. The molecule has 1 aromatic carbocycles. The van der Waals surface area contributed by atoms with Crippen LogP contribution in [0.2, 0.25) is 0 Å². The summed E-state index contributed by atoms with van der Waals surface area (Å²) < 4.78 is 28.8. The van der Waals surface area contributed by atoms with Crippen molar-refractivity contribution < 1.29 is 13.2 Å². The first-order chi connectivity index (χ1) is 9.80. The number of nitrogens with two attached hydrogens (primary N) is 1. The van der Waals surface area contributed by atoms with E-state index < -0.39 is 10.0 Å². The predicted octanol–water partition coefficient (Wildman–Crippen LogP) is 3.04. The molecule has 5 heteroatoms. The maximum Gasteiger partial charge on any atom is 0.209 e. The van der Waals surface area contributed by atoms with Crippen molar-refractivity contribution in [2.75, 3.05) is 12.4 Å². The summed E-state index contributed by atoms with van der Waals surface area (Å²) in [5, 5.41) is 5.25. The van der Waals surface area contributed by atoms with Crippen molar-refractivity contribution in [3.63, 3.8) is 0 Å². The Labute approximate surface area is 127 Å². The number of hydrogen-bond acceptors (Lipinski definition) is 3. The number of benzene rings is 1. The number of sulfonamides is 1. The van der Waals surface area contributed by atoms with E-state index in [-0.39, 0.29) is 11.2 Å². The minimum atomic E-state index is -3.47. The van der Waals surface area contributed by atoms with Crippen molar-refractivity contribution >= 4 is 10.0 Å². The summed E-state index contributed by atoms with van der Waals surface area (Å²) in [5.41, 5.74) is 0.904. The lowest BCUT2D eigenvalue weighted by molar-refractivity contribution is 0.170. The SMILES string of the molecule is CC(C)c1cccc(OCC2(CS(N)(=O)=O)CCCC2)c1. The second-order valence-corrected chi connectivity index (χ2v) is 8.14. The summed E-state index contributed by atoms with van der Waals surface area (Å²) in [4.78, 5) is 0. The van der Waals surface area contributed by atoms with Gasteiger partial charge in [-0.2, -0.15) is 0 Å². The summed E-state index contributed by atoms with van der Waals surface area (Å²) in [6.45, 7) is 4.70. The van der Waals surface area contributed by atoms with Crippen molar-refractivity contribution in [2.45, 2.75) is 45.4 Å². The van der Waals surface area contributed by atoms with Gasteiger partial charge >= 0.3 is 0 Å². The third-order valence-corrected chi connectivity index (χ3v) is 5.26. The molecule has 0 unspecified atom stereocenters. The highest BCUT2D eigenvalue weighted by Crippen LogP contribution is 2.39. The van der Waals surface area contributed by atoms with E-state index in [1.54, 1.807) is 0 Å². The van der Waals surface area contributed by atoms with Gasteiger partial charge in [-0.1, -0.05) is 38.8 Å². The average Bonchev–Trinajstić information content (AvgIpc) is 2.83. The van der Waals surface area contributed by atoms with E-state index >= 15 is 0 Å². The summed E-state index contributed by atoms with van der Waals surface area (Å²) in [7, 11) is -3.47. The molecule has 0 heterocycles. The maximum absolute atomic E-state index is 11.5. The fourth-order valence-corrected chi connectivity index (χ4v) is 4.31. The minimum absolute atomic E-state index is 0.0177. The summed E-state index contributed by atoms with van der Waals surface area (Å²) in [6.07, 6.45) is 3.83. The predicted molar refractivity (Wildman–Crippen MR) is 84.9 cm³/mol. The zero-order chi connectivity index (χ0) is 15.5. The van der Waals surface area contributed by atoms with E-state index in [9.17, 15) is 8.42 Å². The number of rotatable bonds is 6. The minimum Gasteiger partial charge on any atom is -0.493 e. The molecule has 0 aliphatic heterocycles. The van der Waals surface area contributed by atoms with Crippen LogP contribution < -0.4 is 9.88 Å². The first kappa shape index (κ1) is 16.3. The number of ether oxygens (including phenoxy) is 1. The van der Waals surface area contributed by atoms with E-state index in [1.807, 2.05) is 18.2 Å². The van der Waals surface area contributed by atoms with E-state index in [0.29, 0.717) is 12.5 Å². The van der Waals surface area contributed by atoms with Gasteiger partial charge in [-0.25, -0.2) is 13.6 Å². The number of primary sulfonamides is 1. The van der Waals surface area contributed by atoms with E-state index in [1.165, 1.54) is 5.56 Å². The Bertz CT molecular complexity index is 575. The highest BCUT2D eigenvalue weighted by molar-refractivity contribution is 7.89. The summed E-state index contributed by atoms with van der Waals surface area (Å²) >= 11 is 0. The van der Waals surface area contributed by atoms with Crippen LogP contribution in [0.4, 0.5) is 0 Å². The zero-order valence-corrected chi connectivity index (χ0v) is 13.7. The lowest BCUT2D eigenvalue weighted by Gasteiger charge is -2.27. The molecule has 0 aromatic heterocycles. The average molecular weight is 311 g/mol. The van der Waals surface area contributed by atoms with Crippen molar-refractivity contribution in [2.24, 2.45) is 10.6 Å². The van der Waals surface area contributed by atoms with Crippen LogP contribution in [0.15, 0.2) is 24.3 Å². The lowest BCUT2D eigenvalue weighted by Crippen LogP contribution is -2.36. The molecule has 0 amide bonds. The molecule has 2 rings (SSSR count). The van der Waals surface area contributed by atoms with Crippen LogP contribution in [-0.4, -0.2) is 20.8 Å². The second-order valence-electron chi connectivity index (χ2n) is 6.53. The van der Waals surface area contributed by atoms with Gasteiger partial charge in [-0.05, 0) is 36.5 Å².